The van der Waals surface area contributed by atoms with Crippen molar-refractivity contribution in [3.8, 4) is 0 Å². The van der Waals surface area contributed by atoms with E-state index in [1.165, 1.54) is 37.0 Å². The molecule has 0 unspecified atom stereocenters. The zero-order chi connectivity index (χ0) is 18.9. The topological polar surface area (TPSA) is 109 Å². The number of thiophene rings is 1. The van der Waals surface area contributed by atoms with Gasteiger partial charge in [0.25, 0.3) is 5.91 Å². The number of nitrogens with one attached hydrogen (secondary N) is 1. The molecule has 1 heterocycles. The predicted octanol–water partition coefficient (Wildman–Crippen LogP) is 3.65. The summed E-state index contributed by atoms with van der Waals surface area (Å²) in [6.45, 7) is 0. The number of rotatable bonds is 4. The molecule has 0 aromatic carbocycles. The predicted molar refractivity (Wildman–Crippen MR) is 103 cm³/mol. The Labute approximate surface area is 157 Å². The summed E-state index contributed by atoms with van der Waals surface area (Å²) in [6.07, 6.45) is 12.7. The Kier molecular flexibility index (Phi) is 7.84. The van der Waals surface area contributed by atoms with Crippen molar-refractivity contribution in [2.45, 2.75) is 64.2 Å². The summed E-state index contributed by atoms with van der Waals surface area (Å²) in [5.74, 6) is -2.33. The van der Waals surface area contributed by atoms with Gasteiger partial charge in [-0.15, -0.1) is 11.3 Å². The van der Waals surface area contributed by atoms with Gasteiger partial charge in [0.05, 0.1) is 5.56 Å². The van der Waals surface area contributed by atoms with Gasteiger partial charge in [-0.05, 0) is 31.2 Å². The van der Waals surface area contributed by atoms with E-state index < -0.39 is 17.8 Å². The molecule has 0 fully saturated rings. The van der Waals surface area contributed by atoms with Gasteiger partial charge < -0.3 is 16.2 Å². The molecule has 0 aliphatic heterocycles. The van der Waals surface area contributed by atoms with Gasteiger partial charge in [0.15, 0.2) is 0 Å². The largest absolute Gasteiger partial charge is 0.478 e. The van der Waals surface area contributed by atoms with Gasteiger partial charge >= 0.3 is 5.97 Å². The second kappa shape index (κ2) is 10.1. The van der Waals surface area contributed by atoms with Crippen molar-refractivity contribution in [3.63, 3.8) is 0 Å². The van der Waals surface area contributed by atoms with Gasteiger partial charge in [0, 0.05) is 17.0 Å². The molecule has 142 valence electrons. The molecule has 6 nitrogen and oxygen atoms in total. The number of anilines is 1. The SMILES string of the molecule is NC(=O)c1c(NC(=O)C=CC(=O)O)sc2c1CCCCCCCCCC2. The molecular weight excluding hydrogens is 352 g/mol. The van der Waals surface area contributed by atoms with Crippen molar-refractivity contribution in [2.24, 2.45) is 5.73 Å². The van der Waals surface area contributed by atoms with Crippen LogP contribution < -0.4 is 11.1 Å². The van der Waals surface area contributed by atoms with E-state index in [0.29, 0.717) is 10.6 Å². The molecule has 2 rings (SSSR count). The Bertz CT molecular complexity index is 694. The molecule has 1 aromatic heterocycles. The smallest absolute Gasteiger partial charge is 0.328 e. The first-order chi connectivity index (χ1) is 12.5. The van der Waals surface area contributed by atoms with Crippen LogP contribution in [0.3, 0.4) is 0 Å². The third-order valence-electron chi connectivity index (χ3n) is 4.53. The molecular formula is C19H26N2O4S. The van der Waals surface area contributed by atoms with Gasteiger partial charge in [-0.25, -0.2) is 4.79 Å². The minimum atomic E-state index is -1.20. The molecule has 0 saturated carbocycles. The number of primary amides is 1. The fourth-order valence-corrected chi connectivity index (χ4v) is 4.57. The normalized spacial score (nSPS) is 16.3. The Hall–Kier alpha value is -2.15. The molecule has 1 aliphatic carbocycles. The first-order valence-electron chi connectivity index (χ1n) is 9.15. The van der Waals surface area contributed by atoms with Crippen LogP contribution in [0.2, 0.25) is 0 Å². The fraction of sp³-hybridized carbons (Fsp3) is 0.526. The molecule has 2 amide bonds. The van der Waals surface area contributed by atoms with E-state index in [-0.39, 0.29) is 0 Å². The van der Waals surface area contributed by atoms with Crippen LogP contribution in [0.25, 0.3) is 0 Å². The second-order valence-electron chi connectivity index (χ2n) is 6.56. The molecule has 1 aromatic rings. The number of carbonyl (C=O) groups is 3. The number of nitrogens with two attached hydrogens (primary N) is 1. The lowest BCUT2D eigenvalue weighted by Crippen LogP contribution is -2.17. The number of aliphatic carboxylic acids is 1. The van der Waals surface area contributed by atoms with E-state index in [0.717, 1.165) is 61.1 Å². The van der Waals surface area contributed by atoms with Crippen LogP contribution in [-0.2, 0) is 22.4 Å². The van der Waals surface area contributed by atoms with Crippen LogP contribution in [-0.4, -0.2) is 22.9 Å². The zero-order valence-corrected chi connectivity index (χ0v) is 15.7. The third kappa shape index (κ3) is 5.98. The first kappa shape index (κ1) is 20.2. The van der Waals surface area contributed by atoms with Crippen molar-refractivity contribution in [3.05, 3.63) is 28.2 Å². The number of carboxylic acid groups (broad SMARTS) is 1. The van der Waals surface area contributed by atoms with E-state index in [2.05, 4.69) is 5.32 Å². The summed E-state index contributed by atoms with van der Waals surface area (Å²) < 4.78 is 0. The summed E-state index contributed by atoms with van der Waals surface area (Å²) in [4.78, 5) is 35.6. The van der Waals surface area contributed by atoms with Crippen LogP contribution in [0.1, 0.15) is 72.2 Å². The van der Waals surface area contributed by atoms with Crippen LogP contribution in [0.5, 0.6) is 0 Å². The summed E-state index contributed by atoms with van der Waals surface area (Å²) in [7, 11) is 0. The van der Waals surface area contributed by atoms with E-state index in [1.54, 1.807) is 0 Å². The molecule has 0 saturated heterocycles. The van der Waals surface area contributed by atoms with E-state index in [1.807, 2.05) is 0 Å². The molecule has 26 heavy (non-hydrogen) atoms. The minimum Gasteiger partial charge on any atom is -0.478 e. The molecule has 0 spiro atoms. The lowest BCUT2D eigenvalue weighted by molar-refractivity contribution is -0.131. The number of hydrogen-bond donors (Lipinski definition) is 3. The maximum Gasteiger partial charge on any atom is 0.328 e. The minimum absolute atomic E-state index is 0.388. The summed E-state index contributed by atoms with van der Waals surface area (Å²) in [6, 6.07) is 0. The van der Waals surface area contributed by atoms with E-state index in [4.69, 9.17) is 10.8 Å². The Morgan fingerprint density at radius 3 is 2.08 bits per heavy atom. The van der Waals surface area contributed by atoms with Gasteiger partial charge in [0.2, 0.25) is 5.91 Å². The molecule has 0 radical (unpaired) electrons. The zero-order valence-electron chi connectivity index (χ0n) is 14.9. The van der Waals surface area contributed by atoms with Crippen molar-refractivity contribution in [1.82, 2.24) is 0 Å². The van der Waals surface area contributed by atoms with Crippen LogP contribution in [0, 0.1) is 0 Å². The standard InChI is InChI=1S/C19H26N2O4S/c20-18(25)17-13-9-7-5-3-1-2-4-6-8-10-14(13)26-19(17)21-15(22)11-12-16(23)24/h11-12H,1-10H2,(H2,20,25)(H,21,22)(H,23,24). The lowest BCUT2D eigenvalue weighted by Gasteiger charge is -2.09. The quantitative estimate of drug-likeness (QED) is 0.695. The summed E-state index contributed by atoms with van der Waals surface area (Å²) in [5.41, 5.74) is 6.95. The Morgan fingerprint density at radius 2 is 1.50 bits per heavy atom. The van der Waals surface area contributed by atoms with Crippen LogP contribution >= 0.6 is 11.3 Å². The number of aryl methyl sites for hydroxylation is 1. The highest BCUT2D eigenvalue weighted by Crippen LogP contribution is 2.36. The fourth-order valence-electron chi connectivity index (χ4n) is 3.28. The maximum absolute atomic E-state index is 12.0. The van der Waals surface area contributed by atoms with Gasteiger partial charge in [0.1, 0.15) is 5.00 Å². The highest BCUT2D eigenvalue weighted by atomic mass is 32.1. The molecule has 0 atom stereocenters. The molecule has 0 bridgehead atoms. The highest BCUT2D eigenvalue weighted by molar-refractivity contribution is 7.17. The van der Waals surface area contributed by atoms with Crippen molar-refractivity contribution in [1.29, 1.82) is 0 Å². The van der Waals surface area contributed by atoms with Crippen molar-refractivity contribution >= 4 is 34.1 Å². The molecule has 4 N–H and O–H groups in total. The third-order valence-corrected chi connectivity index (χ3v) is 5.74. The number of fused-ring (bicyclic) bond motifs is 1. The second-order valence-corrected chi connectivity index (χ2v) is 7.67. The summed E-state index contributed by atoms with van der Waals surface area (Å²) in [5, 5.41) is 11.7. The monoisotopic (exact) mass is 378 g/mol. The van der Waals surface area contributed by atoms with Gasteiger partial charge in [-0.2, -0.15) is 0 Å². The number of carbonyl (C=O) groups excluding carboxylic acids is 2. The Morgan fingerprint density at radius 1 is 0.923 bits per heavy atom. The van der Waals surface area contributed by atoms with Crippen molar-refractivity contribution < 1.29 is 19.5 Å². The van der Waals surface area contributed by atoms with Crippen LogP contribution in [0.4, 0.5) is 5.00 Å². The first-order valence-corrected chi connectivity index (χ1v) is 9.97. The lowest BCUT2D eigenvalue weighted by atomic mass is 9.97. The maximum atomic E-state index is 12.0. The van der Waals surface area contributed by atoms with Crippen LogP contribution in [0.15, 0.2) is 12.2 Å². The molecule has 7 heteroatoms. The summed E-state index contributed by atoms with van der Waals surface area (Å²) >= 11 is 1.39. The number of carboxylic acids is 1. The van der Waals surface area contributed by atoms with Gasteiger partial charge in [-0.1, -0.05) is 38.5 Å². The average Bonchev–Trinajstić information content (AvgIpc) is 2.90. The van der Waals surface area contributed by atoms with E-state index >= 15 is 0 Å². The average molecular weight is 378 g/mol. The highest BCUT2D eigenvalue weighted by Gasteiger charge is 2.22. The Balaban J connectivity index is 2.27. The van der Waals surface area contributed by atoms with Gasteiger partial charge in [-0.3, -0.25) is 9.59 Å². The van der Waals surface area contributed by atoms with Crippen molar-refractivity contribution in [2.75, 3.05) is 5.32 Å². The van der Waals surface area contributed by atoms with E-state index in [9.17, 15) is 14.4 Å². The number of amides is 2. The molecule has 1 aliphatic rings. The number of hydrogen-bond acceptors (Lipinski definition) is 4.